The molecule has 4 nitrogen and oxygen atoms in total. The van der Waals surface area contributed by atoms with Gasteiger partial charge in [-0.3, -0.25) is 9.59 Å². The van der Waals surface area contributed by atoms with E-state index in [1.165, 1.54) is 0 Å². The fourth-order valence-corrected chi connectivity index (χ4v) is 2.42. The maximum Gasteiger partial charge on any atom is 0.308 e. The van der Waals surface area contributed by atoms with Crippen LogP contribution in [0.3, 0.4) is 0 Å². The van der Waals surface area contributed by atoms with Gasteiger partial charge < -0.3 is 10.4 Å². The van der Waals surface area contributed by atoms with E-state index in [2.05, 4.69) is 5.32 Å². The first kappa shape index (κ1) is 16.7. The van der Waals surface area contributed by atoms with Gasteiger partial charge in [0.15, 0.2) is 0 Å². The van der Waals surface area contributed by atoms with Crippen LogP contribution < -0.4 is 5.32 Å². The van der Waals surface area contributed by atoms with E-state index in [4.69, 9.17) is 0 Å². The van der Waals surface area contributed by atoms with Crippen LogP contribution in [-0.2, 0) is 16.0 Å². The Hall–Kier alpha value is -2.62. The standard InChI is InChI=1S/C19H21NO3/c1-13-8-10-15(11-9-13)12-17(21)20-18(14(2)19(22)23)16-6-4-3-5-7-16/h3-11,14,18H,12H2,1-2H3,(H,20,21)(H,22,23). The SMILES string of the molecule is Cc1ccc(CC(=O)NC(c2ccccc2)C(C)C(=O)O)cc1. The van der Waals surface area contributed by atoms with Crippen LogP contribution in [0.5, 0.6) is 0 Å². The van der Waals surface area contributed by atoms with Gasteiger partial charge in [-0.2, -0.15) is 0 Å². The number of aryl methyl sites for hydroxylation is 1. The summed E-state index contributed by atoms with van der Waals surface area (Å²) < 4.78 is 0. The maximum absolute atomic E-state index is 12.3. The second-order valence-electron chi connectivity index (χ2n) is 5.75. The van der Waals surface area contributed by atoms with Gasteiger partial charge in [0.2, 0.25) is 5.91 Å². The second kappa shape index (κ2) is 7.58. The normalized spacial score (nSPS) is 13.1. The molecule has 23 heavy (non-hydrogen) atoms. The Bertz CT molecular complexity index is 665. The molecule has 0 radical (unpaired) electrons. The number of benzene rings is 2. The number of nitrogens with one attached hydrogen (secondary N) is 1. The second-order valence-corrected chi connectivity index (χ2v) is 5.75. The van der Waals surface area contributed by atoms with Crippen molar-refractivity contribution in [2.24, 2.45) is 5.92 Å². The van der Waals surface area contributed by atoms with Gasteiger partial charge in [-0.25, -0.2) is 0 Å². The molecule has 2 unspecified atom stereocenters. The summed E-state index contributed by atoms with van der Waals surface area (Å²) in [5.74, 6) is -1.83. The molecule has 0 aliphatic rings. The Labute approximate surface area is 136 Å². The van der Waals surface area contributed by atoms with Crippen LogP contribution in [0.25, 0.3) is 0 Å². The minimum absolute atomic E-state index is 0.184. The summed E-state index contributed by atoms with van der Waals surface area (Å²) in [4.78, 5) is 23.6. The maximum atomic E-state index is 12.3. The van der Waals surface area contributed by atoms with Crippen molar-refractivity contribution in [3.63, 3.8) is 0 Å². The lowest BCUT2D eigenvalue weighted by Crippen LogP contribution is -2.36. The molecular weight excluding hydrogens is 290 g/mol. The summed E-state index contributed by atoms with van der Waals surface area (Å²) in [6.07, 6.45) is 0.232. The monoisotopic (exact) mass is 311 g/mol. The average Bonchev–Trinajstić information content (AvgIpc) is 2.55. The predicted molar refractivity (Wildman–Crippen MR) is 89.0 cm³/mol. The first-order valence-electron chi connectivity index (χ1n) is 7.60. The molecule has 0 spiro atoms. The molecule has 0 aliphatic heterocycles. The molecule has 2 rings (SSSR count). The molecule has 0 aliphatic carbocycles. The Kier molecular flexibility index (Phi) is 5.52. The summed E-state index contributed by atoms with van der Waals surface area (Å²) >= 11 is 0. The fourth-order valence-electron chi connectivity index (χ4n) is 2.42. The Morgan fingerprint density at radius 1 is 1.04 bits per heavy atom. The van der Waals surface area contributed by atoms with Gasteiger partial charge in [-0.1, -0.05) is 60.2 Å². The lowest BCUT2D eigenvalue weighted by molar-refractivity contribution is -0.142. The molecule has 4 heteroatoms. The van der Waals surface area contributed by atoms with Crippen LogP contribution in [0.15, 0.2) is 54.6 Å². The van der Waals surface area contributed by atoms with E-state index in [1.54, 1.807) is 6.92 Å². The van der Waals surface area contributed by atoms with E-state index in [9.17, 15) is 14.7 Å². The largest absolute Gasteiger partial charge is 0.481 e. The van der Waals surface area contributed by atoms with Crippen LogP contribution in [0, 0.1) is 12.8 Å². The van der Waals surface area contributed by atoms with E-state index >= 15 is 0 Å². The number of hydrogen-bond acceptors (Lipinski definition) is 2. The van der Waals surface area contributed by atoms with Gasteiger partial charge in [0.25, 0.3) is 0 Å². The van der Waals surface area contributed by atoms with Gasteiger partial charge in [0, 0.05) is 0 Å². The molecule has 0 aromatic heterocycles. The highest BCUT2D eigenvalue weighted by Gasteiger charge is 2.26. The van der Waals surface area contributed by atoms with E-state index in [-0.39, 0.29) is 12.3 Å². The van der Waals surface area contributed by atoms with Crippen molar-refractivity contribution in [3.8, 4) is 0 Å². The van der Waals surface area contributed by atoms with Gasteiger partial charge in [0.1, 0.15) is 0 Å². The molecule has 2 N–H and O–H groups in total. The number of carboxylic acid groups (broad SMARTS) is 1. The quantitative estimate of drug-likeness (QED) is 0.861. The number of amides is 1. The number of carboxylic acids is 1. The molecule has 0 heterocycles. The molecule has 120 valence electrons. The van der Waals surface area contributed by atoms with Crippen LogP contribution in [0.1, 0.15) is 29.7 Å². The minimum Gasteiger partial charge on any atom is -0.481 e. The molecule has 0 fully saturated rings. The smallest absolute Gasteiger partial charge is 0.308 e. The molecule has 1 amide bonds. The highest BCUT2D eigenvalue weighted by molar-refractivity contribution is 5.80. The molecule has 0 bridgehead atoms. The van der Waals surface area contributed by atoms with E-state index in [0.29, 0.717) is 0 Å². The molecule has 2 aromatic rings. The van der Waals surface area contributed by atoms with Crippen molar-refractivity contribution < 1.29 is 14.7 Å². The minimum atomic E-state index is -0.936. The third-order valence-electron chi connectivity index (χ3n) is 3.85. The Morgan fingerprint density at radius 3 is 2.22 bits per heavy atom. The Balaban J connectivity index is 2.12. The van der Waals surface area contributed by atoms with Crippen LogP contribution >= 0.6 is 0 Å². The third-order valence-corrected chi connectivity index (χ3v) is 3.85. The van der Waals surface area contributed by atoms with E-state index in [1.807, 2.05) is 61.5 Å². The van der Waals surface area contributed by atoms with Crippen molar-refractivity contribution in [1.29, 1.82) is 0 Å². The number of carbonyl (C=O) groups is 2. The first-order chi connectivity index (χ1) is 11.0. The molecule has 0 saturated carbocycles. The van der Waals surface area contributed by atoms with Crippen molar-refractivity contribution in [1.82, 2.24) is 5.32 Å². The predicted octanol–water partition coefficient (Wildman–Crippen LogP) is 3.12. The molecule has 0 saturated heterocycles. The fraction of sp³-hybridized carbons (Fsp3) is 0.263. The van der Waals surface area contributed by atoms with Gasteiger partial charge in [0.05, 0.1) is 18.4 Å². The van der Waals surface area contributed by atoms with Gasteiger partial charge >= 0.3 is 5.97 Å². The average molecular weight is 311 g/mol. The zero-order valence-corrected chi connectivity index (χ0v) is 13.3. The Morgan fingerprint density at radius 2 is 1.65 bits per heavy atom. The van der Waals surface area contributed by atoms with Crippen molar-refractivity contribution >= 4 is 11.9 Å². The highest BCUT2D eigenvalue weighted by Crippen LogP contribution is 2.22. The number of rotatable bonds is 6. The molecular formula is C19H21NO3. The number of carbonyl (C=O) groups excluding carboxylic acids is 1. The van der Waals surface area contributed by atoms with E-state index < -0.39 is 17.9 Å². The number of aliphatic carboxylic acids is 1. The topological polar surface area (TPSA) is 66.4 Å². The van der Waals surface area contributed by atoms with Crippen LogP contribution in [-0.4, -0.2) is 17.0 Å². The van der Waals surface area contributed by atoms with Crippen molar-refractivity contribution in [2.75, 3.05) is 0 Å². The molecule has 2 aromatic carbocycles. The first-order valence-corrected chi connectivity index (χ1v) is 7.60. The zero-order valence-electron chi connectivity index (χ0n) is 13.3. The summed E-state index contributed by atoms with van der Waals surface area (Å²) in [6.45, 7) is 3.59. The lowest BCUT2D eigenvalue weighted by Gasteiger charge is -2.23. The van der Waals surface area contributed by atoms with Crippen molar-refractivity contribution in [3.05, 3.63) is 71.3 Å². The number of hydrogen-bond donors (Lipinski definition) is 2. The molecule has 2 atom stereocenters. The summed E-state index contributed by atoms with van der Waals surface area (Å²) in [5, 5.41) is 12.2. The highest BCUT2D eigenvalue weighted by atomic mass is 16.4. The van der Waals surface area contributed by atoms with Crippen LogP contribution in [0.4, 0.5) is 0 Å². The third kappa shape index (κ3) is 4.68. The summed E-state index contributed by atoms with van der Waals surface area (Å²) in [7, 11) is 0. The van der Waals surface area contributed by atoms with Crippen LogP contribution in [0.2, 0.25) is 0 Å². The zero-order chi connectivity index (χ0) is 16.8. The summed E-state index contributed by atoms with van der Waals surface area (Å²) in [6, 6.07) is 16.4. The van der Waals surface area contributed by atoms with E-state index in [0.717, 1.165) is 16.7 Å². The summed E-state index contributed by atoms with van der Waals surface area (Å²) in [5.41, 5.74) is 2.83. The van der Waals surface area contributed by atoms with Crippen molar-refractivity contribution in [2.45, 2.75) is 26.3 Å². The van der Waals surface area contributed by atoms with Gasteiger partial charge in [-0.15, -0.1) is 0 Å². The lowest BCUT2D eigenvalue weighted by atomic mass is 9.94. The van der Waals surface area contributed by atoms with Gasteiger partial charge in [-0.05, 0) is 25.0 Å².